The van der Waals surface area contributed by atoms with Gasteiger partial charge in [0.2, 0.25) is 11.8 Å². The molecule has 0 spiro atoms. The summed E-state index contributed by atoms with van der Waals surface area (Å²) in [4.78, 5) is 17.1. The molecular formula is C17H23N5O4. The molecule has 1 aliphatic rings. The van der Waals surface area contributed by atoms with E-state index in [1.54, 1.807) is 12.1 Å². The van der Waals surface area contributed by atoms with Gasteiger partial charge in [-0.2, -0.15) is 4.98 Å². The number of amides is 1. The van der Waals surface area contributed by atoms with Crippen LogP contribution in [0, 0.1) is 5.92 Å². The average Bonchev–Trinajstić information content (AvgIpc) is 3.17. The standard InChI is InChI=1S/C17H23N5O4/c1-10(2)15-19-17(26-22-15)14(11-6-8-25-9-7-11)18-16(23)12-4-5-13(24-3)21-20-12/h4-5,10-11,14H,6-9H2,1-3H3,(H,18,23)/t14-/m1/s1. The Bertz CT molecular complexity index is 725. The van der Waals surface area contributed by atoms with Gasteiger partial charge in [0.25, 0.3) is 5.91 Å². The van der Waals surface area contributed by atoms with Gasteiger partial charge < -0.3 is 19.3 Å². The van der Waals surface area contributed by atoms with E-state index in [0.717, 1.165) is 12.8 Å². The van der Waals surface area contributed by atoms with E-state index in [4.69, 9.17) is 14.0 Å². The molecule has 1 fully saturated rings. The van der Waals surface area contributed by atoms with Gasteiger partial charge in [0.15, 0.2) is 11.5 Å². The molecule has 1 amide bonds. The second-order valence-electron chi connectivity index (χ2n) is 6.51. The van der Waals surface area contributed by atoms with Gasteiger partial charge in [-0.3, -0.25) is 4.79 Å². The summed E-state index contributed by atoms with van der Waals surface area (Å²) in [5, 5.41) is 14.7. The second kappa shape index (κ2) is 8.22. The highest BCUT2D eigenvalue weighted by atomic mass is 16.5. The Kier molecular flexibility index (Phi) is 5.77. The van der Waals surface area contributed by atoms with Crippen molar-refractivity contribution in [3.05, 3.63) is 29.5 Å². The number of aromatic nitrogens is 4. The van der Waals surface area contributed by atoms with E-state index in [0.29, 0.717) is 30.8 Å². The maximum absolute atomic E-state index is 12.6. The van der Waals surface area contributed by atoms with Crippen LogP contribution in [-0.2, 0) is 4.74 Å². The zero-order valence-electron chi connectivity index (χ0n) is 15.1. The molecule has 2 aromatic rings. The summed E-state index contributed by atoms with van der Waals surface area (Å²) in [5.41, 5.74) is 0.200. The SMILES string of the molecule is COc1ccc(C(=O)N[C@@H](c2nc(C(C)C)no2)C2CCOCC2)nn1. The molecular weight excluding hydrogens is 338 g/mol. The van der Waals surface area contributed by atoms with Gasteiger partial charge in [-0.25, -0.2) is 0 Å². The van der Waals surface area contributed by atoms with Gasteiger partial charge in [0.1, 0.15) is 6.04 Å². The van der Waals surface area contributed by atoms with Gasteiger partial charge in [0, 0.05) is 25.2 Å². The van der Waals surface area contributed by atoms with Crippen LogP contribution in [0.5, 0.6) is 5.88 Å². The lowest BCUT2D eigenvalue weighted by Crippen LogP contribution is -2.36. The summed E-state index contributed by atoms with van der Waals surface area (Å²) in [5.74, 6) is 1.33. The predicted octanol–water partition coefficient (Wildman–Crippen LogP) is 1.89. The van der Waals surface area contributed by atoms with Gasteiger partial charge in [-0.1, -0.05) is 19.0 Å². The highest BCUT2D eigenvalue weighted by Gasteiger charge is 2.32. The third kappa shape index (κ3) is 4.16. The van der Waals surface area contributed by atoms with Crippen LogP contribution in [0.3, 0.4) is 0 Å². The average molecular weight is 361 g/mol. The first-order chi connectivity index (χ1) is 12.6. The van der Waals surface area contributed by atoms with Crippen molar-refractivity contribution in [3.8, 4) is 5.88 Å². The van der Waals surface area contributed by atoms with Crippen LogP contribution in [-0.4, -0.2) is 46.6 Å². The van der Waals surface area contributed by atoms with E-state index < -0.39 is 6.04 Å². The molecule has 3 heterocycles. The van der Waals surface area contributed by atoms with Crippen LogP contribution in [0.4, 0.5) is 0 Å². The highest BCUT2D eigenvalue weighted by molar-refractivity contribution is 5.92. The van der Waals surface area contributed by atoms with Crippen LogP contribution in [0.15, 0.2) is 16.7 Å². The number of nitrogens with one attached hydrogen (secondary N) is 1. The van der Waals surface area contributed by atoms with Crippen molar-refractivity contribution < 1.29 is 18.8 Å². The molecule has 1 N–H and O–H groups in total. The molecule has 2 aromatic heterocycles. The predicted molar refractivity (Wildman–Crippen MR) is 90.7 cm³/mol. The van der Waals surface area contributed by atoms with Crippen molar-refractivity contribution >= 4 is 5.91 Å². The molecule has 140 valence electrons. The number of carbonyl (C=O) groups excluding carboxylic acids is 1. The fourth-order valence-electron chi connectivity index (χ4n) is 2.80. The largest absolute Gasteiger partial charge is 0.480 e. The summed E-state index contributed by atoms with van der Waals surface area (Å²) in [6.07, 6.45) is 1.61. The lowest BCUT2D eigenvalue weighted by atomic mass is 9.91. The van der Waals surface area contributed by atoms with E-state index in [9.17, 15) is 4.79 Å². The lowest BCUT2D eigenvalue weighted by molar-refractivity contribution is 0.0466. The van der Waals surface area contributed by atoms with Crippen molar-refractivity contribution in [2.24, 2.45) is 5.92 Å². The van der Waals surface area contributed by atoms with Crippen LogP contribution in [0.25, 0.3) is 0 Å². The summed E-state index contributed by atoms with van der Waals surface area (Å²) in [6, 6.07) is 2.76. The normalized spacial score (nSPS) is 16.5. The molecule has 0 aromatic carbocycles. The van der Waals surface area contributed by atoms with Crippen molar-refractivity contribution in [2.45, 2.75) is 38.6 Å². The molecule has 0 aliphatic carbocycles. The van der Waals surface area contributed by atoms with E-state index in [-0.39, 0.29) is 23.4 Å². The summed E-state index contributed by atoms with van der Waals surface area (Å²) in [6.45, 7) is 5.27. The Morgan fingerprint density at radius 3 is 2.62 bits per heavy atom. The maximum atomic E-state index is 12.6. The lowest BCUT2D eigenvalue weighted by Gasteiger charge is -2.28. The van der Waals surface area contributed by atoms with Gasteiger partial charge >= 0.3 is 0 Å². The minimum atomic E-state index is -0.393. The summed E-state index contributed by atoms with van der Waals surface area (Å²) < 4.78 is 15.8. The topological polar surface area (TPSA) is 112 Å². The molecule has 1 aliphatic heterocycles. The molecule has 0 unspecified atom stereocenters. The first-order valence-corrected chi connectivity index (χ1v) is 8.68. The number of nitrogens with zero attached hydrogens (tertiary/aromatic N) is 4. The number of hydrogen-bond acceptors (Lipinski definition) is 8. The first-order valence-electron chi connectivity index (χ1n) is 8.68. The van der Waals surface area contributed by atoms with Crippen molar-refractivity contribution in [3.63, 3.8) is 0 Å². The van der Waals surface area contributed by atoms with Crippen molar-refractivity contribution in [1.82, 2.24) is 25.7 Å². The van der Waals surface area contributed by atoms with E-state index in [1.807, 2.05) is 13.8 Å². The first kappa shape index (κ1) is 18.2. The molecule has 3 rings (SSSR count). The van der Waals surface area contributed by atoms with Crippen molar-refractivity contribution in [1.29, 1.82) is 0 Å². The van der Waals surface area contributed by atoms with Crippen molar-refractivity contribution in [2.75, 3.05) is 20.3 Å². The number of ether oxygens (including phenoxy) is 2. The fourth-order valence-corrected chi connectivity index (χ4v) is 2.80. The molecule has 9 nitrogen and oxygen atoms in total. The third-order valence-electron chi connectivity index (χ3n) is 4.35. The number of rotatable bonds is 6. The molecule has 9 heteroatoms. The number of hydrogen-bond donors (Lipinski definition) is 1. The Balaban J connectivity index is 1.80. The molecule has 1 atom stereocenters. The fraction of sp³-hybridized carbons (Fsp3) is 0.588. The summed E-state index contributed by atoms with van der Waals surface area (Å²) in [7, 11) is 1.49. The monoisotopic (exact) mass is 361 g/mol. The zero-order valence-corrected chi connectivity index (χ0v) is 15.1. The Morgan fingerprint density at radius 1 is 1.27 bits per heavy atom. The second-order valence-corrected chi connectivity index (χ2v) is 6.51. The smallest absolute Gasteiger partial charge is 0.272 e. The van der Waals surface area contributed by atoms with Crippen LogP contribution >= 0.6 is 0 Å². The molecule has 0 saturated carbocycles. The van der Waals surface area contributed by atoms with E-state index >= 15 is 0 Å². The minimum absolute atomic E-state index is 0.144. The Morgan fingerprint density at radius 2 is 2.04 bits per heavy atom. The van der Waals surface area contributed by atoms with E-state index in [2.05, 4.69) is 25.7 Å². The number of carbonyl (C=O) groups is 1. The summed E-state index contributed by atoms with van der Waals surface area (Å²) >= 11 is 0. The van der Waals surface area contributed by atoms with Gasteiger partial charge in [0.05, 0.1) is 7.11 Å². The number of methoxy groups -OCH3 is 1. The molecule has 1 saturated heterocycles. The van der Waals surface area contributed by atoms with E-state index in [1.165, 1.54) is 7.11 Å². The molecule has 0 radical (unpaired) electrons. The quantitative estimate of drug-likeness (QED) is 0.830. The van der Waals surface area contributed by atoms with Crippen LogP contribution < -0.4 is 10.1 Å². The third-order valence-corrected chi connectivity index (χ3v) is 4.35. The van der Waals surface area contributed by atoms with Crippen LogP contribution in [0.2, 0.25) is 0 Å². The minimum Gasteiger partial charge on any atom is -0.480 e. The molecule has 26 heavy (non-hydrogen) atoms. The molecule has 0 bridgehead atoms. The Hall–Kier alpha value is -2.55. The van der Waals surface area contributed by atoms with Crippen LogP contribution in [0.1, 0.15) is 60.9 Å². The zero-order chi connectivity index (χ0) is 18.5. The highest BCUT2D eigenvalue weighted by Crippen LogP contribution is 2.30. The maximum Gasteiger partial charge on any atom is 0.272 e. The van der Waals surface area contributed by atoms with Gasteiger partial charge in [-0.05, 0) is 24.8 Å². The van der Waals surface area contributed by atoms with Gasteiger partial charge in [-0.15, -0.1) is 10.2 Å². The Labute approximate surface area is 151 Å².